The third-order valence-electron chi connectivity index (χ3n) is 7.26. The predicted octanol–water partition coefficient (Wildman–Crippen LogP) is 6.43. The molecule has 0 radical (unpaired) electrons. The largest absolute Gasteiger partial charge is 0.493 e. The summed E-state index contributed by atoms with van der Waals surface area (Å²) in [5.74, 6) is 1.95. The van der Waals surface area contributed by atoms with E-state index < -0.39 is 0 Å². The van der Waals surface area contributed by atoms with Gasteiger partial charge in [-0.15, -0.1) is 0 Å². The number of benzene rings is 3. The molecule has 2 heterocycles. The standard InChI is InChI=1S/C32H26Br2N2O4S/c1-4-13-40-30-23(33)14-18(15-24(30)34)16-27-31(37)36-29(20-10-12-25(38-2)26(17-20)39-3)22-11-9-19-7-5-6-8-21(19)28(22)35-32(36)41-27/h4-8,10,12,14-17,29H,1,9,11,13H2,2-3H3/b27-16+/t29-/m1/s1. The van der Waals surface area contributed by atoms with E-state index in [-0.39, 0.29) is 11.6 Å². The second-order valence-electron chi connectivity index (χ2n) is 9.64. The molecule has 4 aromatic rings. The zero-order valence-electron chi connectivity index (χ0n) is 22.4. The maximum Gasteiger partial charge on any atom is 0.271 e. The van der Waals surface area contributed by atoms with Crippen molar-refractivity contribution in [1.29, 1.82) is 0 Å². The SMILES string of the molecule is C=CCOc1c(Br)cc(/C=c2/sc3n(c2=O)[C@H](c2ccc(OC)c(OC)c2)C2=C(N=3)c3ccccc3CC2)cc1Br. The molecule has 0 spiro atoms. The molecule has 1 atom stereocenters. The van der Waals surface area contributed by atoms with Crippen LogP contribution in [0.3, 0.4) is 0 Å². The van der Waals surface area contributed by atoms with Crippen LogP contribution in [0.15, 0.2) is 91.6 Å². The van der Waals surface area contributed by atoms with Crippen molar-refractivity contribution in [3.8, 4) is 17.2 Å². The summed E-state index contributed by atoms with van der Waals surface area (Å²) in [5, 5.41) is 0. The highest BCUT2D eigenvalue weighted by molar-refractivity contribution is 9.11. The fraction of sp³-hybridized carbons (Fsp3) is 0.188. The van der Waals surface area contributed by atoms with Gasteiger partial charge in [-0.3, -0.25) is 9.36 Å². The molecule has 0 bridgehead atoms. The molecule has 0 unspecified atom stereocenters. The first-order valence-electron chi connectivity index (χ1n) is 13.0. The summed E-state index contributed by atoms with van der Waals surface area (Å²) in [7, 11) is 3.24. The van der Waals surface area contributed by atoms with Gasteiger partial charge >= 0.3 is 0 Å². The Hall–Kier alpha value is -3.40. The Bertz CT molecular complexity index is 1880. The first-order valence-corrected chi connectivity index (χ1v) is 15.4. The molecule has 1 aliphatic heterocycles. The van der Waals surface area contributed by atoms with Crippen molar-refractivity contribution in [2.75, 3.05) is 20.8 Å². The number of thiazole rings is 1. The van der Waals surface area contributed by atoms with E-state index in [1.807, 2.05) is 47.0 Å². The van der Waals surface area contributed by atoms with Gasteiger partial charge in [0.25, 0.3) is 5.56 Å². The Morgan fingerprint density at radius 1 is 1.05 bits per heavy atom. The minimum atomic E-state index is -0.315. The first-order chi connectivity index (χ1) is 19.9. The number of nitrogens with zero attached hydrogens (tertiary/aromatic N) is 2. The maximum atomic E-state index is 14.1. The van der Waals surface area contributed by atoms with Crippen molar-refractivity contribution in [1.82, 2.24) is 4.57 Å². The van der Waals surface area contributed by atoms with Crippen LogP contribution in [0.2, 0.25) is 0 Å². The normalized spacial score (nSPS) is 15.9. The van der Waals surface area contributed by atoms with E-state index in [1.54, 1.807) is 20.3 Å². The van der Waals surface area contributed by atoms with Crippen molar-refractivity contribution >= 4 is 55.0 Å². The number of ether oxygens (including phenoxy) is 3. The quantitative estimate of drug-likeness (QED) is 0.210. The molecule has 3 aromatic carbocycles. The van der Waals surface area contributed by atoms with E-state index in [0.717, 1.165) is 49.7 Å². The lowest BCUT2D eigenvalue weighted by molar-refractivity contribution is 0.354. The van der Waals surface area contributed by atoms with Crippen molar-refractivity contribution in [2.45, 2.75) is 18.9 Å². The summed E-state index contributed by atoms with van der Waals surface area (Å²) < 4.78 is 20.9. The summed E-state index contributed by atoms with van der Waals surface area (Å²) in [4.78, 5) is 19.9. The summed E-state index contributed by atoms with van der Waals surface area (Å²) in [6.07, 6.45) is 5.30. The van der Waals surface area contributed by atoms with Crippen LogP contribution in [0.4, 0.5) is 0 Å². The van der Waals surface area contributed by atoms with Gasteiger partial charge in [0, 0.05) is 5.56 Å². The molecule has 0 amide bonds. The zero-order valence-corrected chi connectivity index (χ0v) is 26.4. The minimum absolute atomic E-state index is 0.0850. The van der Waals surface area contributed by atoms with Crippen LogP contribution < -0.4 is 29.1 Å². The summed E-state index contributed by atoms with van der Waals surface area (Å²) in [5.41, 5.74) is 6.20. The van der Waals surface area contributed by atoms with Crippen molar-refractivity contribution in [3.05, 3.63) is 124 Å². The van der Waals surface area contributed by atoms with Crippen molar-refractivity contribution < 1.29 is 14.2 Å². The lowest BCUT2D eigenvalue weighted by Gasteiger charge is -2.31. The minimum Gasteiger partial charge on any atom is -0.493 e. The molecule has 0 saturated carbocycles. The highest BCUT2D eigenvalue weighted by atomic mass is 79.9. The fourth-order valence-electron chi connectivity index (χ4n) is 5.44. The molecule has 208 valence electrons. The Balaban J connectivity index is 1.56. The van der Waals surface area contributed by atoms with Crippen LogP contribution in [0.5, 0.6) is 17.2 Å². The topological polar surface area (TPSA) is 62.0 Å². The Kier molecular flexibility index (Phi) is 7.76. The van der Waals surface area contributed by atoms with Gasteiger partial charge in [-0.25, -0.2) is 4.99 Å². The molecule has 1 aliphatic carbocycles. The monoisotopic (exact) mass is 692 g/mol. The fourth-order valence-corrected chi connectivity index (χ4v) is 7.89. The smallest absolute Gasteiger partial charge is 0.271 e. The molecule has 6 rings (SSSR count). The highest BCUT2D eigenvalue weighted by Crippen LogP contribution is 2.43. The number of aryl methyl sites for hydroxylation is 1. The van der Waals surface area contributed by atoms with Gasteiger partial charge < -0.3 is 14.2 Å². The third-order valence-corrected chi connectivity index (χ3v) is 9.42. The highest BCUT2D eigenvalue weighted by Gasteiger charge is 2.33. The van der Waals surface area contributed by atoms with Gasteiger partial charge in [-0.2, -0.15) is 0 Å². The number of allylic oxidation sites excluding steroid dienone is 1. The summed E-state index contributed by atoms with van der Waals surface area (Å²) in [6, 6.07) is 17.8. The first kappa shape index (κ1) is 27.8. The van der Waals surface area contributed by atoms with Gasteiger partial charge in [0.05, 0.1) is 39.4 Å². The maximum absolute atomic E-state index is 14.1. The van der Waals surface area contributed by atoms with Gasteiger partial charge in [0.2, 0.25) is 0 Å². The van der Waals surface area contributed by atoms with E-state index >= 15 is 0 Å². The van der Waals surface area contributed by atoms with Gasteiger partial charge in [0.1, 0.15) is 12.4 Å². The number of aromatic nitrogens is 1. The lowest BCUT2D eigenvalue weighted by atomic mass is 9.83. The van der Waals surface area contributed by atoms with Gasteiger partial charge in [0.15, 0.2) is 16.3 Å². The molecule has 0 saturated heterocycles. The Morgan fingerprint density at radius 2 is 1.80 bits per heavy atom. The average molecular weight is 694 g/mol. The second kappa shape index (κ2) is 11.5. The molecular formula is C32H26Br2N2O4S. The predicted molar refractivity (Wildman–Crippen MR) is 170 cm³/mol. The number of hydrogen-bond acceptors (Lipinski definition) is 6. The van der Waals surface area contributed by atoms with E-state index in [0.29, 0.717) is 33.2 Å². The summed E-state index contributed by atoms with van der Waals surface area (Å²) in [6.45, 7) is 4.10. The van der Waals surface area contributed by atoms with E-state index in [1.165, 1.54) is 16.9 Å². The molecule has 41 heavy (non-hydrogen) atoms. The molecule has 1 aromatic heterocycles. The lowest BCUT2D eigenvalue weighted by Crippen LogP contribution is -2.38. The van der Waals surface area contributed by atoms with Crippen LogP contribution >= 0.6 is 43.2 Å². The van der Waals surface area contributed by atoms with Crippen LogP contribution in [-0.4, -0.2) is 25.4 Å². The molecule has 9 heteroatoms. The van der Waals surface area contributed by atoms with Crippen LogP contribution in [0, 0.1) is 0 Å². The van der Waals surface area contributed by atoms with Gasteiger partial charge in [-0.1, -0.05) is 54.3 Å². The van der Waals surface area contributed by atoms with E-state index in [4.69, 9.17) is 19.2 Å². The Labute approximate surface area is 258 Å². The number of halogens is 2. The van der Waals surface area contributed by atoms with Crippen LogP contribution in [0.1, 0.15) is 34.7 Å². The zero-order chi connectivity index (χ0) is 28.7. The molecule has 2 aliphatic rings. The molecule has 0 N–H and O–H groups in total. The van der Waals surface area contributed by atoms with Gasteiger partial charge in [-0.05, 0) is 97.3 Å². The van der Waals surface area contributed by atoms with Crippen LogP contribution in [0.25, 0.3) is 11.8 Å². The van der Waals surface area contributed by atoms with E-state index in [2.05, 4.69) is 56.6 Å². The number of hydrogen-bond donors (Lipinski definition) is 0. The summed E-state index contributed by atoms with van der Waals surface area (Å²) >= 11 is 8.60. The number of rotatable bonds is 7. The second-order valence-corrected chi connectivity index (χ2v) is 12.4. The van der Waals surface area contributed by atoms with E-state index in [9.17, 15) is 4.79 Å². The average Bonchev–Trinajstić information content (AvgIpc) is 3.29. The van der Waals surface area contributed by atoms with Crippen molar-refractivity contribution in [3.63, 3.8) is 0 Å². The number of methoxy groups -OCH3 is 2. The Morgan fingerprint density at radius 3 is 2.54 bits per heavy atom. The van der Waals surface area contributed by atoms with Crippen LogP contribution in [-0.2, 0) is 6.42 Å². The molecule has 0 fully saturated rings. The third kappa shape index (κ3) is 5.00. The van der Waals surface area contributed by atoms with Crippen molar-refractivity contribution in [2.24, 2.45) is 4.99 Å². The molecule has 6 nitrogen and oxygen atoms in total. The molecular weight excluding hydrogens is 668 g/mol. The number of fused-ring (bicyclic) bond motifs is 3.